The smallest absolute Gasteiger partial charge is 0.191 e. The van der Waals surface area contributed by atoms with Gasteiger partial charge >= 0.3 is 0 Å². The molecule has 0 radical (unpaired) electrons. The van der Waals surface area contributed by atoms with Crippen LogP contribution in [0.15, 0.2) is 4.99 Å². The molecule has 1 aliphatic heterocycles. The highest BCUT2D eigenvalue weighted by atomic mass is 32.2. The first-order chi connectivity index (χ1) is 11.7. The van der Waals surface area contributed by atoms with Gasteiger partial charge in [-0.15, -0.1) is 0 Å². The lowest BCUT2D eigenvalue weighted by Crippen LogP contribution is -2.46. The highest BCUT2D eigenvalue weighted by molar-refractivity contribution is 7.90. The van der Waals surface area contributed by atoms with E-state index in [2.05, 4.69) is 34.4 Å². The van der Waals surface area contributed by atoms with E-state index < -0.39 is 9.84 Å². The zero-order valence-electron chi connectivity index (χ0n) is 16.4. The molecule has 1 fully saturated rings. The molecule has 7 nitrogen and oxygen atoms in total. The molecule has 1 heterocycles. The van der Waals surface area contributed by atoms with Crippen LogP contribution in [0.25, 0.3) is 0 Å². The normalized spacial score (nSPS) is 21.4. The Balaban J connectivity index is 2.51. The predicted molar refractivity (Wildman–Crippen MR) is 104 cm³/mol. The molecule has 1 rings (SSSR count). The standard InChI is InChI=1S/C17H36N4O3S/c1-6-18-17(20-15(4)7-10-25(5,22)23)19-11-16-13-21(8-9-24-16)12-14(2)3/h14-16H,6-13H2,1-5H3,(H2,18,19,20). The van der Waals surface area contributed by atoms with Crippen LogP contribution in [-0.4, -0.2) is 82.8 Å². The van der Waals surface area contributed by atoms with E-state index in [9.17, 15) is 8.42 Å². The van der Waals surface area contributed by atoms with Gasteiger partial charge in [0.2, 0.25) is 0 Å². The van der Waals surface area contributed by atoms with Gasteiger partial charge in [-0.3, -0.25) is 9.89 Å². The molecule has 0 spiro atoms. The van der Waals surface area contributed by atoms with E-state index in [1.807, 2.05) is 13.8 Å². The van der Waals surface area contributed by atoms with Crippen molar-refractivity contribution >= 4 is 15.8 Å². The Morgan fingerprint density at radius 3 is 2.68 bits per heavy atom. The fourth-order valence-corrected chi connectivity index (χ4v) is 3.56. The van der Waals surface area contributed by atoms with Gasteiger partial charge in [-0.05, 0) is 26.2 Å². The minimum Gasteiger partial charge on any atom is -0.374 e. The van der Waals surface area contributed by atoms with Gasteiger partial charge in [-0.25, -0.2) is 8.42 Å². The van der Waals surface area contributed by atoms with Crippen LogP contribution in [0.5, 0.6) is 0 Å². The van der Waals surface area contributed by atoms with Gasteiger partial charge in [-0.1, -0.05) is 13.8 Å². The number of guanidine groups is 1. The number of morpholine rings is 1. The lowest BCUT2D eigenvalue weighted by molar-refractivity contribution is -0.0262. The third-order valence-electron chi connectivity index (χ3n) is 3.95. The zero-order valence-corrected chi connectivity index (χ0v) is 17.2. The Kier molecular flexibility index (Phi) is 9.74. The predicted octanol–water partition coefficient (Wildman–Crippen LogP) is 0.722. The maximum absolute atomic E-state index is 11.3. The van der Waals surface area contributed by atoms with E-state index in [-0.39, 0.29) is 17.9 Å². The summed E-state index contributed by atoms with van der Waals surface area (Å²) < 4.78 is 28.4. The van der Waals surface area contributed by atoms with E-state index in [4.69, 9.17) is 4.74 Å². The van der Waals surface area contributed by atoms with E-state index in [1.54, 1.807) is 0 Å². The van der Waals surface area contributed by atoms with E-state index in [0.29, 0.717) is 24.8 Å². The van der Waals surface area contributed by atoms with Crippen molar-refractivity contribution in [1.82, 2.24) is 15.5 Å². The Morgan fingerprint density at radius 2 is 2.08 bits per heavy atom. The molecule has 1 saturated heterocycles. The number of ether oxygens (including phenoxy) is 1. The van der Waals surface area contributed by atoms with Crippen LogP contribution in [0.1, 0.15) is 34.1 Å². The van der Waals surface area contributed by atoms with Crippen LogP contribution >= 0.6 is 0 Å². The van der Waals surface area contributed by atoms with Crippen molar-refractivity contribution in [3.8, 4) is 0 Å². The van der Waals surface area contributed by atoms with Crippen molar-refractivity contribution in [2.24, 2.45) is 10.9 Å². The lowest BCUT2D eigenvalue weighted by Gasteiger charge is -2.33. The van der Waals surface area contributed by atoms with Gasteiger partial charge < -0.3 is 15.4 Å². The number of nitrogens with one attached hydrogen (secondary N) is 2. The monoisotopic (exact) mass is 376 g/mol. The highest BCUT2D eigenvalue weighted by Crippen LogP contribution is 2.08. The van der Waals surface area contributed by atoms with Crippen LogP contribution in [-0.2, 0) is 14.6 Å². The zero-order chi connectivity index (χ0) is 18.9. The van der Waals surface area contributed by atoms with Crippen molar-refractivity contribution in [2.45, 2.75) is 46.3 Å². The fourth-order valence-electron chi connectivity index (χ4n) is 2.78. The fraction of sp³-hybridized carbons (Fsp3) is 0.941. The first-order valence-corrected chi connectivity index (χ1v) is 11.3. The first kappa shape index (κ1) is 22.2. The second-order valence-corrected chi connectivity index (χ2v) is 9.59. The average Bonchev–Trinajstić information content (AvgIpc) is 2.50. The van der Waals surface area contributed by atoms with Crippen molar-refractivity contribution in [3.05, 3.63) is 0 Å². The van der Waals surface area contributed by atoms with Crippen LogP contribution in [0, 0.1) is 5.92 Å². The van der Waals surface area contributed by atoms with Gasteiger partial charge in [0.05, 0.1) is 25.0 Å². The summed E-state index contributed by atoms with van der Waals surface area (Å²) in [7, 11) is -2.94. The molecule has 8 heteroatoms. The summed E-state index contributed by atoms with van der Waals surface area (Å²) in [4.78, 5) is 7.06. The number of sulfone groups is 1. The molecule has 0 saturated carbocycles. The number of nitrogens with zero attached hydrogens (tertiary/aromatic N) is 2. The van der Waals surface area contributed by atoms with E-state index >= 15 is 0 Å². The summed E-state index contributed by atoms with van der Waals surface area (Å²) in [6.07, 6.45) is 1.93. The van der Waals surface area contributed by atoms with E-state index in [0.717, 1.165) is 32.8 Å². The molecule has 1 aliphatic rings. The van der Waals surface area contributed by atoms with Crippen molar-refractivity contribution < 1.29 is 13.2 Å². The molecule has 2 N–H and O–H groups in total. The van der Waals surface area contributed by atoms with Crippen LogP contribution in [0.2, 0.25) is 0 Å². The quantitative estimate of drug-likeness (QED) is 0.456. The average molecular weight is 377 g/mol. The Morgan fingerprint density at radius 1 is 1.36 bits per heavy atom. The molecular weight excluding hydrogens is 340 g/mol. The maximum Gasteiger partial charge on any atom is 0.191 e. The Labute approximate surface area is 153 Å². The molecule has 0 amide bonds. The lowest BCUT2D eigenvalue weighted by atomic mass is 10.2. The number of hydrogen-bond acceptors (Lipinski definition) is 5. The second kappa shape index (κ2) is 11.0. The molecule has 2 atom stereocenters. The molecule has 0 aromatic carbocycles. The first-order valence-electron chi connectivity index (χ1n) is 9.26. The minimum atomic E-state index is -2.94. The number of rotatable bonds is 9. The molecular formula is C17H36N4O3S. The van der Waals surface area contributed by atoms with Crippen molar-refractivity contribution in [2.75, 3.05) is 51.3 Å². The molecule has 25 heavy (non-hydrogen) atoms. The van der Waals surface area contributed by atoms with Gasteiger partial charge in [0, 0.05) is 38.5 Å². The highest BCUT2D eigenvalue weighted by Gasteiger charge is 2.21. The van der Waals surface area contributed by atoms with Crippen LogP contribution in [0.4, 0.5) is 0 Å². The van der Waals surface area contributed by atoms with Gasteiger partial charge in [-0.2, -0.15) is 0 Å². The van der Waals surface area contributed by atoms with Crippen molar-refractivity contribution in [3.63, 3.8) is 0 Å². The molecule has 0 bridgehead atoms. The van der Waals surface area contributed by atoms with Gasteiger partial charge in [0.15, 0.2) is 5.96 Å². The molecule has 2 unspecified atom stereocenters. The Hall–Kier alpha value is -0.860. The van der Waals surface area contributed by atoms with Crippen LogP contribution in [0.3, 0.4) is 0 Å². The van der Waals surface area contributed by atoms with E-state index in [1.165, 1.54) is 6.26 Å². The summed E-state index contributed by atoms with van der Waals surface area (Å²) in [5, 5.41) is 6.49. The van der Waals surface area contributed by atoms with Gasteiger partial charge in [0.25, 0.3) is 0 Å². The van der Waals surface area contributed by atoms with Gasteiger partial charge in [0.1, 0.15) is 9.84 Å². The Bertz CT molecular complexity index is 508. The number of hydrogen-bond donors (Lipinski definition) is 2. The second-order valence-electron chi connectivity index (χ2n) is 7.33. The summed E-state index contributed by atoms with van der Waals surface area (Å²) >= 11 is 0. The van der Waals surface area contributed by atoms with Crippen molar-refractivity contribution in [1.29, 1.82) is 0 Å². The summed E-state index contributed by atoms with van der Waals surface area (Å²) in [5.41, 5.74) is 0. The SMILES string of the molecule is CCNC(=NCC1CN(CC(C)C)CCO1)NC(C)CCS(C)(=O)=O. The molecule has 148 valence electrons. The molecule has 0 aromatic heterocycles. The molecule has 0 aliphatic carbocycles. The minimum absolute atomic E-state index is 0.0391. The summed E-state index contributed by atoms with van der Waals surface area (Å²) in [5.74, 6) is 1.54. The third kappa shape index (κ3) is 10.7. The van der Waals surface area contributed by atoms with Crippen LogP contribution < -0.4 is 10.6 Å². The largest absolute Gasteiger partial charge is 0.374 e. The molecule has 0 aromatic rings. The summed E-state index contributed by atoms with van der Waals surface area (Å²) in [6.45, 7) is 13.5. The maximum atomic E-state index is 11.3. The number of aliphatic imine (C=N–C) groups is 1. The topological polar surface area (TPSA) is 83.0 Å². The third-order valence-corrected chi connectivity index (χ3v) is 4.93. The summed E-state index contributed by atoms with van der Waals surface area (Å²) in [6, 6.07) is 0.0391.